The number of amides is 3. The molecule has 1 aromatic carbocycles. The standard InChI is InChI=1S/C25H32N4O4/c1-26(24(31)21-9-11-29(12-10-21)25(32)22-8-5-17-33-22)19-23(30)28-15-13-27(14-16-28)18-20-6-3-2-4-7-20/h2-8,17,21H,9-16,18-19H2,1H3. The molecule has 0 bridgehead atoms. The molecule has 2 saturated heterocycles. The lowest BCUT2D eigenvalue weighted by Crippen LogP contribution is -2.51. The number of carbonyl (C=O) groups excluding carboxylic acids is 3. The molecule has 8 nitrogen and oxygen atoms in total. The monoisotopic (exact) mass is 452 g/mol. The number of piperazine rings is 1. The number of hydrogen-bond donors (Lipinski definition) is 0. The zero-order chi connectivity index (χ0) is 23.2. The highest BCUT2D eigenvalue weighted by Crippen LogP contribution is 2.21. The van der Waals surface area contributed by atoms with Gasteiger partial charge in [-0.05, 0) is 30.5 Å². The highest BCUT2D eigenvalue weighted by atomic mass is 16.3. The highest BCUT2D eigenvalue weighted by Gasteiger charge is 2.31. The van der Waals surface area contributed by atoms with E-state index in [0.29, 0.717) is 44.8 Å². The molecule has 1 aromatic heterocycles. The number of hydrogen-bond acceptors (Lipinski definition) is 5. The van der Waals surface area contributed by atoms with Crippen molar-refractivity contribution in [2.75, 3.05) is 52.9 Å². The number of nitrogens with zero attached hydrogens (tertiary/aromatic N) is 4. The molecule has 33 heavy (non-hydrogen) atoms. The Hall–Kier alpha value is -3.13. The molecule has 4 rings (SSSR count). The molecule has 0 spiro atoms. The summed E-state index contributed by atoms with van der Waals surface area (Å²) in [6.07, 6.45) is 2.68. The van der Waals surface area contributed by atoms with E-state index in [1.54, 1.807) is 29.0 Å². The molecule has 2 aliphatic heterocycles. The molecule has 0 atom stereocenters. The van der Waals surface area contributed by atoms with Crippen molar-refractivity contribution in [3.8, 4) is 0 Å². The Kier molecular flexibility index (Phi) is 7.44. The van der Waals surface area contributed by atoms with Crippen LogP contribution in [-0.4, -0.2) is 90.2 Å². The topological polar surface area (TPSA) is 77.3 Å². The van der Waals surface area contributed by atoms with Gasteiger partial charge < -0.3 is 19.1 Å². The predicted molar refractivity (Wildman–Crippen MR) is 123 cm³/mol. The minimum Gasteiger partial charge on any atom is -0.459 e. The average molecular weight is 453 g/mol. The molecule has 2 fully saturated rings. The third-order valence-corrected chi connectivity index (χ3v) is 6.59. The predicted octanol–water partition coefficient (Wildman–Crippen LogP) is 1.93. The number of benzene rings is 1. The van der Waals surface area contributed by atoms with Crippen LogP contribution in [0.15, 0.2) is 53.1 Å². The molecular weight excluding hydrogens is 420 g/mol. The van der Waals surface area contributed by atoms with Crippen molar-refractivity contribution in [3.63, 3.8) is 0 Å². The third-order valence-electron chi connectivity index (χ3n) is 6.59. The summed E-state index contributed by atoms with van der Waals surface area (Å²) in [4.78, 5) is 45.6. The van der Waals surface area contributed by atoms with Crippen molar-refractivity contribution in [1.82, 2.24) is 19.6 Å². The minimum atomic E-state index is -0.161. The van der Waals surface area contributed by atoms with Crippen molar-refractivity contribution in [2.24, 2.45) is 5.92 Å². The fraction of sp³-hybridized carbons (Fsp3) is 0.480. The van der Waals surface area contributed by atoms with Gasteiger partial charge in [-0.1, -0.05) is 30.3 Å². The largest absolute Gasteiger partial charge is 0.459 e. The van der Waals surface area contributed by atoms with Crippen LogP contribution in [0.2, 0.25) is 0 Å². The highest BCUT2D eigenvalue weighted by molar-refractivity contribution is 5.92. The zero-order valence-electron chi connectivity index (χ0n) is 19.2. The summed E-state index contributed by atoms with van der Waals surface area (Å²) in [5.41, 5.74) is 1.28. The van der Waals surface area contributed by atoms with E-state index in [2.05, 4.69) is 17.0 Å². The molecule has 2 aliphatic rings. The van der Waals surface area contributed by atoms with E-state index in [4.69, 9.17) is 4.42 Å². The molecule has 0 N–H and O–H groups in total. The van der Waals surface area contributed by atoms with E-state index in [-0.39, 0.29) is 30.2 Å². The second-order valence-corrected chi connectivity index (χ2v) is 8.88. The fourth-order valence-corrected chi connectivity index (χ4v) is 4.58. The number of carbonyl (C=O) groups is 3. The van der Waals surface area contributed by atoms with Crippen LogP contribution in [-0.2, 0) is 16.1 Å². The lowest BCUT2D eigenvalue weighted by molar-refractivity contribution is -0.143. The van der Waals surface area contributed by atoms with Gasteiger partial charge in [0.05, 0.1) is 12.8 Å². The van der Waals surface area contributed by atoms with Crippen LogP contribution in [0.25, 0.3) is 0 Å². The molecule has 176 valence electrons. The maximum absolute atomic E-state index is 12.9. The Morgan fingerprint density at radius 2 is 1.61 bits per heavy atom. The van der Waals surface area contributed by atoms with Gasteiger partial charge in [0.1, 0.15) is 0 Å². The van der Waals surface area contributed by atoms with Crippen LogP contribution in [0, 0.1) is 5.92 Å². The van der Waals surface area contributed by atoms with E-state index < -0.39 is 0 Å². The number of likely N-dealkylation sites (tertiary alicyclic amines) is 1. The van der Waals surface area contributed by atoms with Crippen LogP contribution in [0.5, 0.6) is 0 Å². The van der Waals surface area contributed by atoms with Gasteiger partial charge in [0.25, 0.3) is 5.91 Å². The summed E-state index contributed by atoms with van der Waals surface area (Å²) >= 11 is 0. The summed E-state index contributed by atoms with van der Waals surface area (Å²) in [7, 11) is 1.70. The van der Waals surface area contributed by atoms with Crippen LogP contribution in [0.3, 0.4) is 0 Å². The maximum atomic E-state index is 12.9. The summed E-state index contributed by atoms with van der Waals surface area (Å²) in [5.74, 6) is 0.00479. The first kappa shape index (κ1) is 23.0. The van der Waals surface area contributed by atoms with Gasteiger partial charge >= 0.3 is 0 Å². The molecular formula is C25H32N4O4. The van der Waals surface area contributed by atoms with Gasteiger partial charge in [-0.25, -0.2) is 0 Å². The van der Waals surface area contributed by atoms with E-state index in [9.17, 15) is 14.4 Å². The van der Waals surface area contributed by atoms with E-state index >= 15 is 0 Å². The van der Waals surface area contributed by atoms with Crippen LogP contribution < -0.4 is 0 Å². The minimum absolute atomic E-state index is 0.00403. The van der Waals surface area contributed by atoms with Crippen molar-refractivity contribution >= 4 is 17.7 Å². The fourth-order valence-electron chi connectivity index (χ4n) is 4.58. The second kappa shape index (κ2) is 10.7. The Morgan fingerprint density at radius 3 is 2.24 bits per heavy atom. The SMILES string of the molecule is CN(CC(=O)N1CCN(Cc2ccccc2)CC1)C(=O)C1CCN(C(=O)c2ccco2)CC1. The molecule has 3 heterocycles. The number of rotatable bonds is 6. The normalized spacial score (nSPS) is 17.7. The third kappa shape index (κ3) is 5.82. The van der Waals surface area contributed by atoms with Crippen molar-refractivity contribution in [1.29, 1.82) is 0 Å². The van der Waals surface area contributed by atoms with Crippen molar-refractivity contribution < 1.29 is 18.8 Å². The first-order valence-electron chi connectivity index (χ1n) is 11.6. The van der Waals surface area contributed by atoms with Crippen molar-refractivity contribution in [2.45, 2.75) is 19.4 Å². The van der Waals surface area contributed by atoms with Crippen molar-refractivity contribution in [3.05, 3.63) is 60.1 Å². The van der Waals surface area contributed by atoms with E-state index in [0.717, 1.165) is 19.6 Å². The number of likely N-dealkylation sites (N-methyl/N-ethyl adjacent to an activating group) is 1. The van der Waals surface area contributed by atoms with Gasteiger partial charge in [-0.2, -0.15) is 0 Å². The van der Waals surface area contributed by atoms with Gasteiger partial charge in [0.15, 0.2) is 5.76 Å². The Labute approximate surface area is 194 Å². The lowest BCUT2D eigenvalue weighted by atomic mass is 9.95. The quantitative estimate of drug-likeness (QED) is 0.670. The van der Waals surface area contributed by atoms with Crippen LogP contribution in [0.4, 0.5) is 0 Å². The molecule has 0 saturated carbocycles. The number of furan rings is 1. The lowest BCUT2D eigenvalue weighted by Gasteiger charge is -2.36. The number of piperidine rings is 1. The smallest absolute Gasteiger partial charge is 0.289 e. The zero-order valence-corrected chi connectivity index (χ0v) is 19.2. The van der Waals surface area contributed by atoms with Gasteiger partial charge in [0.2, 0.25) is 11.8 Å². The maximum Gasteiger partial charge on any atom is 0.289 e. The molecule has 0 aliphatic carbocycles. The molecule has 3 amide bonds. The summed E-state index contributed by atoms with van der Waals surface area (Å²) < 4.78 is 5.19. The Morgan fingerprint density at radius 1 is 0.909 bits per heavy atom. The van der Waals surface area contributed by atoms with E-state index in [1.807, 2.05) is 23.1 Å². The van der Waals surface area contributed by atoms with E-state index in [1.165, 1.54) is 11.8 Å². The Bertz CT molecular complexity index is 931. The summed E-state index contributed by atoms with van der Waals surface area (Å²) in [6.45, 7) is 5.05. The Balaban J connectivity index is 1.19. The molecule has 8 heteroatoms. The first-order valence-corrected chi connectivity index (χ1v) is 11.6. The molecule has 0 unspecified atom stereocenters. The average Bonchev–Trinajstić information content (AvgIpc) is 3.39. The van der Waals surface area contributed by atoms with Crippen LogP contribution in [0.1, 0.15) is 29.0 Å². The second-order valence-electron chi connectivity index (χ2n) is 8.88. The molecule has 0 radical (unpaired) electrons. The van der Waals surface area contributed by atoms with Gasteiger partial charge in [-0.3, -0.25) is 19.3 Å². The first-order chi connectivity index (χ1) is 16.0. The van der Waals surface area contributed by atoms with Crippen LogP contribution >= 0.6 is 0 Å². The summed E-state index contributed by atoms with van der Waals surface area (Å²) in [5, 5.41) is 0. The summed E-state index contributed by atoms with van der Waals surface area (Å²) in [6, 6.07) is 13.7. The van der Waals surface area contributed by atoms with Gasteiger partial charge in [-0.15, -0.1) is 0 Å². The van der Waals surface area contributed by atoms with Gasteiger partial charge in [0, 0.05) is 58.8 Å². The molecule has 2 aromatic rings.